The Hall–Kier alpha value is -2.98. The van der Waals surface area contributed by atoms with Crippen LogP contribution in [0.5, 0.6) is 0 Å². The van der Waals surface area contributed by atoms with Crippen LogP contribution in [-0.4, -0.2) is 5.78 Å². The summed E-state index contributed by atoms with van der Waals surface area (Å²) in [5, 5.41) is 9.44. The van der Waals surface area contributed by atoms with Crippen molar-refractivity contribution in [3.05, 3.63) is 58.7 Å². The first kappa shape index (κ1) is 15.9. The molecule has 0 fully saturated rings. The van der Waals surface area contributed by atoms with Crippen molar-refractivity contribution in [2.75, 3.05) is 0 Å². The van der Waals surface area contributed by atoms with Gasteiger partial charge in [0, 0.05) is 18.4 Å². The van der Waals surface area contributed by atoms with Crippen molar-refractivity contribution in [1.82, 2.24) is 0 Å². The molecular weight excluding hydrogens is 300 g/mol. The summed E-state index contributed by atoms with van der Waals surface area (Å²) in [5.41, 5.74) is 7.26. The van der Waals surface area contributed by atoms with E-state index in [0.29, 0.717) is 24.2 Å². The second kappa shape index (κ2) is 5.91. The number of carbonyl (C=O) groups is 1. The molecule has 1 heterocycles. The molecule has 2 N–H and O–H groups in total. The normalized spacial score (nSPS) is 22.0. The van der Waals surface area contributed by atoms with Crippen molar-refractivity contribution in [3.8, 4) is 17.9 Å². The molecule has 1 atom stereocenters. The minimum absolute atomic E-state index is 0.0196. The van der Waals surface area contributed by atoms with Crippen molar-refractivity contribution in [2.24, 2.45) is 17.1 Å². The van der Waals surface area contributed by atoms with Crippen LogP contribution in [-0.2, 0) is 9.53 Å². The molecule has 0 bridgehead atoms. The van der Waals surface area contributed by atoms with Crippen molar-refractivity contribution < 1.29 is 9.53 Å². The highest BCUT2D eigenvalue weighted by atomic mass is 16.5. The number of ketones is 1. The molecule has 24 heavy (non-hydrogen) atoms. The predicted molar refractivity (Wildman–Crippen MR) is 89.8 cm³/mol. The van der Waals surface area contributed by atoms with E-state index in [1.165, 1.54) is 0 Å². The van der Waals surface area contributed by atoms with Crippen molar-refractivity contribution in [3.63, 3.8) is 0 Å². The molecule has 1 aliphatic heterocycles. The molecule has 1 aromatic rings. The van der Waals surface area contributed by atoms with Gasteiger partial charge in [-0.25, -0.2) is 0 Å². The lowest BCUT2D eigenvalue weighted by molar-refractivity contribution is -0.119. The molecule has 4 nitrogen and oxygen atoms in total. The average Bonchev–Trinajstić information content (AvgIpc) is 2.51. The Morgan fingerprint density at radius 1 is 1.25 bits per heavy atom. The topological polar surface area (TPSA) is 76.1 Å². The third-order valence-corrected chi connectivity index (χ3v) is 4.21. The van der Waals surface area contributed by atoms with Gasteiger partial charge in [0.15, 0.2) is 5.78 Å². The first-order valence-corrected chi connectivity index (χ1v) is 7.82. The number of allylic oxidation sites excluding steroid dienone is 3. The highest BCUT2D eigenvalue weighted by molar-refractivity contribution is 5.99. The lowest BCUT2D eigenvalue weighted by Crippen LogP contribution is -2.33. The third-order valence-electron chi connectivity index (χ3n) is 4.21. The van der Waals surface area contributed by atoms with Gasteiger partial charge in [-0.3, -0.25) is 4.79 Å². The van der Waals surface area contributed by atoms with Gasteiger partial charge in [0.05, 0.1) is 11.5 Å². The number of carbonyl (C=O) groups excluding carboxylic acids is 1. The first-order valence-electron chi connectivity index (χ1n) is 7.82. The number of ether oxygens (including phenoxy) is 1. The maximum absolute atomic E-state index is 12.7. The number of rotatable bonds is 0. The van der Waals surface area contributed by atoms with E-state index in [4.69, 9.17) is 10.5 Å². The number of nitriles is 1. The molecule has 0 spiro atoms. The van der Waals surface area contributed by atoms with Crippen molar-refractivity contribution >= 4 is 5.78 Å². The summed E-state index contributed by atoms with van der Waals surface area (Å²) >= 11 is 0. The van der Waals surface area contributed by atoms with Gasteiger partial charge in [0.2, 0.25) is 5.88 Å². The van der Waals surface area contributed by atoms with Gasteiger partial charge in [-0.1, -0.05) is 43.9 Å². The summed E-state index contributed by atoms with van der Waals surface area (Å²) in [6.45, 7) is 4.03. The lowest BCUT2D eigenvalue weighted by atomic mass is 9.72. The van der Waals surface area contributed by atoms with Crippen LogP contribution in [0.1, 0.15) is 32.3 Å². The molecule has 2 aliphatic rings. The van der Waals surface area contributed by atoms with Crippen LogP contribution in [0, 0.1) is 34.5 Å². The smallest absolute Gasteiger partial charge is 0.205 e. The molecule has 0 saturated heterocycles. The Bertz CT molecular complexity index is 858. The highest BCUT2D eigenvalue weighted by Gasteiger charge is 2.41. The van der Waals surface area contributed by atoms with Gasteiger partial charge < -0.3 is 10.5 Å². The van der Waals surface area contributed by atoms with Gasteiger partial charge in [0.1, 0.15) is 17.4 Å². The largest absolute Gasteiger partial charge is 0.444 e. The zero-order chi connectivity index (χ0) is 17.3. The van der Waals surface area contributed by atoms with Gasteiger partial charge in [-0.05, 0) is 17.5 Å². The first-order chi connectivity index (χ1) is 11.4. The molecule has 0 saturated carbocycles. The van der Waals surface area contributed by atoms with E-state index in [0.717, 1.165) is 5.56 Å². The van der Waals surface area contributed by atoms with E-state index >= 15 is 0 Å². The summed E-state index contributed by atoms with van der Waals surface area (Å²) in [4.78, 5) is 12.7. The van der Waals surface area contributed by atoms with E-state index in [2.05, 4.69) is 17.9 Å². The van der Waals surface area contributed by atoms with E-state index in [1.54, 1.807) is 0 Å². The van der Waals surface area contributed by atoms with E-state index < -0.39 is 5.92 Å². The van der Waals surface area contributed by atoms with Gasteiger partial charge >= 0.3 is 0 Å². The summed E-state index contributed by atoms with van der Waals surface area (Å²) in [6.07, 6.45) is 1.02. The molecule has 4 heteroatoms. The Kier molecular flexibility index (Phi) is 3.91. The second-order valence-corrected chi connectivity index (χ2v) is 6.84. The standard InChI is InChI=1S/C20H18N2O2/c1-20(2)10-16(23)18-14(9-8-13-6-4-3-5-7-13)15(12-21)19(22)24-17(18)11-20/h3-7,14H,10-11,22H2,1-2H3/t14-/m1/s1. The molecule has 0 aromatic heterocycles. The zero-order valence-electron chi connectivity index (χ0n) is 13.7. The Morgan fingerprint density at radius 3 is 2.62 bits per heavy atom. The van der Waals surface area contributed by atoms with Crippen LogP contribution >= 0.6 is 0 Å². The Morgan fingerprint density at radius 2 is 1.96 bits per heavy atom. The highest BCUT2D eigenvalue weighted by Crippen LogP contribution is 2.44. The van der Waals surface area contributed by atoms with Crippen LogP contribution in [0.3, 0.4) is 0 Å². The molecular formula is C20H18N2O2. The number of benzene rings is 1. The summed E-state index contributed by atoms with van der Waals surface area (Å²) in [5.74, 6) is 6.06. The minimum Gasteiger partial charge on any atom is -0.444 e. The molecule has 1 aromatic carbocycles. The van der Waals surface area contributed by atoms with Crippen molar-refractivity contribution in [1.29, 1.82) is 5.26 Å². The van der Waals surface area contributed by atoms with Crippen LogP contribution in [0.4, 0.5) is 0 Å². The Labute approximate surface area is 141 Å². The van der Waals surface area contributed by atoms with Crippen LogP contribution < -0.4 is 5.73 Å². The number of nitrogens with two attached hydrogens (primary N) is 1. The van der Waals surface area contributed by atoms with Gasteiger partial charge in [0.25, 0.3) is 0 Å². The molecule has 3 rings (SSSR count). The number of hydrogen-bond donors (Lipinski definition) is 1. The minimum atomic E-state index is -0.623. The van der Waals surface area contributed by atoms with Crippen LogP contribution in [0.25, 0.3) is 0 Å². The summed E-state index contributed by atoms with van der Waals surface area (Å²) in [7, 11) is 0. The van der Waals surface area contributed by atoms with Crippen LogP contribution in [0.2, 0.25) is 0 Å². The number of Topliss-reactive ketones (excluding diaryl/α,β-unsaturated/α-hetero) is 1. The molecule has 0 unspecified atom stereocenters. The quantitative estimate of drug-likeness (QED) is 0.746. The van der Waals surface area contributed by atoms with E-state index in [9.17, 15) is 10.1 Å². The SMILES string of the molecule is CC1(C)CC(=O)C2=C(C1)OC(N)=C(C#N)[C@H]2C#Cc1ccccc1. The van der Waals surface area contributed by atoms with Gasteiger partial charge in [-0.2, -0.15) is 5.26 Å². The fraction of sp³-hybridized carbons (Fsp3) is 0.300. The fourth-order valence-electron chi connectivity index (χ4n) is 3.11. The third kappa shape index (κ3) is 2.92. The maximum atomic E-state index is 12.7. The maximum Gasteiger partial charge on any atom is 0.205 e. The number of nitrogens with zero attached hydrogens (tertiary/aromatic N) is 1. The van der Waals surface area contributed by atoms with Gasteiger partial charge in [-0.15, -0.1) is 0 Å². The lowest BCUT2D eigenvalue weighted by Gasteiger charge is -2.35. The summed E-state index contributed by atoms with van der Waals surface area (Å²) < 4.78 is 5.61. The molecule has 1 aliphatic carbocycles. The predicted octanol–water partition coefficient (Wildman–Crippen LogP) is 3.02. The van der Waals surface area contributed by atoms with E-state index in [1.807, 2.05) is 44.2 Å². The van der Waals surface area contributed by atoms with Crippen molar-refractivity contribution in [2.45, 2.75) is 26.7 Å². The molecule has 120 valence electrons. The molecule has 0 amide bonds. The monoisotopic (exact) mass is 318 g/mol. The molecule has 0 radical (unpaired) electrons. The summed E-state index contributed by atoms with van der Waals surface area (Å²) in [6, 6.07) is 11.5. The second-order valence-electron chi connectivity index (χ2n) is 6.84. The fourth-order valence-corrected chi connectivity index (χ4v) is 3.11. The average molecular weight is 318 g/mol. The van der Waals surface area contributed by atoms with Crippen LogP contribution in [0.15, 0.2) is 53.1 Å². The van der Waals surface area contributed by atoms with E-state index in [-0.39, 0.29) is 22.7 Å². The Balaban J connectivity index is 2.08. The zero-order valence-corrected chi connectivity index (χ0v) is 13.7. The number of hydrogen-bond acceptors (Lipinski definition) is 4.